The molecule has 2 atom stereocenters. The summed E-state index contributed by atoms with van der Waals surface area (Å²) in [6, 6.07) is 14.9. The van der Waals surface area contributed by atoms with E-state index in [1.54, 1.807) is 0 Å². The highest BCUT2D eigenvalue weighted by molar-refractivity contribution is 5.54. The summed E-state index contributed by atoms with van der Waals surface area (Å²) in [5, 5.41) is 10.00. The third-order valence-corrected chi connectivity index (χ3v) is 6.08. The second-order valence-corrected chi connectivity index (χ2v) is 7.31. The Hall–Kier alpha value is -1.80. The predicted molar refractivity (Wildman–Crippen MR) is 93.8 cm³/mol. The topological polar surface area (TPSA) is 23.5 Å². The van der Waals surface area contributed by atoms with E-state index < -0.39 is 0 Å². The fourth-order valence-electron chi connectivity index (χ4n) is 5.40. The third-order valence-electron chi connectivity index (χ3n) is 6.08. The van der Waals surface area contributed by atoms with Crippen LogP contribution < -0.4 is 0 Å². The molecule has 4 rings (SSSR count). The highest BCUT2D eigenvalue weighted by atomic mass is 16.3. The van der Waals surface area contributed by atoms with Crippen LogP contribution in [0.1, 0.15) is 49.4 Å². The highest BCUT2D eigenvalue weighted by Crippen LogP contribution is 2.54. The molecule has 2 aliphatic heterocycles. The van der Waals surface area contributed by atoms with Crippen LogP contribution in [-0.4, -0.2) is 22.1 Å². The molecule has 0 spiro atoms. The number of benzene rings is 2. The molecule has 23 heavy (non-hydrogen) atoms. The van der Waals surface area contributed by atoms with Crippen molar-refractivity contribution in [1.82, 2.24) is 4.90 Å². The summed E-state index contributed by atoms with van der Waals surface area (Å²) in [5.41, 5.74) is 5.67. The number of nitrogens with zero attached hydrogens (tertiary/aromatic N) is 1. The van der Waals surface area contributed by atoms with E-state index >= 15 is 0 Å². The SMILES string of the molecule is CCN1C2(C)Cc3ccccc3C1(CC)c1ccc(O)cc1C2. The molecular formula is C21H25NO. The number of phenolic OH excluding ortho intramolecular Hbond substituents is 1. The Bertz CT molecular complexity index is 768. The standard InChI is InChI=1S/C21H25NO/c1-4-21-18-9-7-6-8-15(18)13-20(3,22(21)5-2)14-16-12-17(23)10-11-19(16)21/h6-12,23H,4-5,13-14H2,1-3H3. The van der Waals surface area contributed by atoms with Crippen LogP contribution in [0.4, 0.5) is 0 Å². The van der Waals surface area contributed by atoms with Crippen molar-refractivity contribution in [3.05, 3.63) is 64.7 Å². The second kappa shape index (κ2) is 4.85. The Morgan fingerprint density at radius 3 is 2.43 bits per heavy atom. The molecule has 0 saturated carbocycles. The molecule has 2 heteroatoms. The van der Waals surface area contributed by atoms with Crippen molar-refractivity contribution in [2.45, 2.75) is 51.1 Å². The van der Waals surface area contributed by atoms with Crippen molar-refractivity contribution in [1.29, 1.82) is 0 Å². The largest absolute Gasteiger partial charge is 0.508 e. The van der Waals surface area contributed by atoms with Gasteiger partial charge < -0.3 is 5.11 Å². The van der Waals surface area contributed by atoms with Crippen molar-refractivity contribution in [3.63, 3.8) is 0 Å². The molecule has 2 unspecified atom stereocenters. The number of likely N-dealkylation sites (N-methyl/N-ethyl adjacent to an activating group) is 1. The summed E-state index contributed by atoms with van der Waals surface area (Å²) >= 11 is 0. The Morgan fingerprint density at radius 2 is 1.70 bits per heavy atom. The lowest BCUT2D eigenvalue weighted by Gasteiger charge is -2.61. The molecule has 0 radical (unpaired) electrons. The number of rotatable bonds is 2. The maximum atomic E-state index is 10.00. The van der Waals surface area contributed by atoms with Gasteiger partial charge in [-0.15, -0.1) is 0 Å². The fraction of sp³-hybridized carbons (Fsp3) is 0.429. The molecule has 0 amide bonds. The number of fused-ring (bicyclic) bond motifs is 6. The molecule has 2 nitrogen and oxygen atoms in total. The molecular weight excluding hydrogens is 282 g/mol. The smallest absolute Gasteiger partial charge is 0.115 e. The molecule has 1 N–H and O–H groups in total. The first kappa shape index (κ1) is 14.8. The van der Waals surface area contributed by atoms with E-state index in [1.807, 2.05) is 12.1 Å². The molecule has 2 aromatic rings. The van der Waals surface area contributed by atoms with Crippen LogP contribution in [0.2, 0.25) is 0 Å². The van der Waals surface area contributed by atoms with Gasteiger partial charge in [-0.05, 0) is 67.1 Å². The molecule has 2 aromatic carbocycles. The van der Waals surface area contributed by atoms with Gasteiger partial charge in [-0.25, -0.2) is 0 Å². The minimum absolute atomic E-state index is 0.0698. The lowest BCUT2D eigenvalue weighted by molar-refractivity contribution is -0.0200. The van der Waals surface area contributed by atoms with Crippen molar-refractivity contribution in [3.8, 4) is 5.75 Å². The van der Waals surface area contributed by atoms with Gasteiger partial charge in [0.25, 0.3) is 0 Å². The molecule has 2 heterocycles. The Labute approximate surface area is 138 Å². The fourth-order valence-corrected chi connectivity index (χ4v) is 5.40. The summed E-state index contributed by atoms with van der Waals surface area (Å²) in [6.45, 7) is 8.01. The van der Waals surface area contributed by atoms with E-state index in [4.69, 9.17) is 0 Å². The van der Waals surface area contributed by atoms with Gasteiger partial charge in [-0.2, -0.15) is 0 Å². The van der Waals surface area contributed by atoms with E-state index in [2.05, 4.69) is 56.0 Å². The minimum Gasteiger partial charge on any atom is -0.508 e. The Morgan fingerprint density at radius 1 is 1.00 bits per heavy atom. The van der Waals surface area contributed by atoms with Crippen LogP contribution in [0.3, 0.4) is 0 Å². The Kier molecular flexibility index (Phi) is 3.11. The minimum atomic E-state index is -0.0698. The molecule has 120 valence electrons. The van der Waals surface area contributed by atoms with Gasteiger partial charge in [0, 0.05) is 5.54 Å². The second-order valence-electron chi connectivity index (χ2n) is 7.31. The number of hydrogen-bond donors (Lipinski definition) is 1. The highest BCUT2D eigenvalue weighted by Gasteiger charge is 2.54. The average Bonchev–Trinajstić information content (AvgIpc) is 2.53. The summed E-state index contributed by atoms with van der Waals surface area (Å²) in [6.07, 6.45) is 3.12. The number of hydrogen-bond acceptors (Lipinski definition) is 2. The third kappa shape index (κ3) is 1.79. The van der Waals surface area contributed by atoms with E-state index in [-0.39, 0.29) is 11.1 Å². The maximum Gasteiger partial charge on any atom is 0.115 e. The van der Waals surface area contributed by atoms with Gasteiger partial charge >= 0.3 is 0 Å². The van der Waals surface area contributed by atoms with Crippen LogP contribution in [0.5, 0.6) is 5.75 Å². The van der Waals surface area contributed by atoms with Gasteiger partial charge in [-0.1, -0.05) is 44.2 Å². The van der Waals surface area contributed by atoms with Crippen LogP contribution in [0, 0.1) is 0 Å². The van der Waals surface area contributed by atoms with E-state index in [9.17, 15) is 5.11 Å². The first-order chi connectivity index (χ1) is 11.0. The first-order valence-corrected chi connectivity index (χ1v) is 8.73. The summed E-state index contributed by atoms with van der Waals surface area (Å²) in [4.78, 5) is 2.71. The van der Waals surface area contributed by atoms with Gasteiger partial charge in [0.05, 0.1) is 5.54 Å². The van der Waals surface area contributed by atoms with Crippen molar-refractivity contribution in [2.75, 3.05) is 6.54 Å². The molecule has 0 saturated heterocycles. The molecule has 0 aromatic heterocycles. The zero-order chi connectivity index (χ0) is 16.2. The van der Waals surface area contributed by atoms with E-state index in [0.29, 0.717) is 5.75 Å². The number of phenols is 1. The van der Waals surface area contributed by atoms with Gasteiger partial charge in [0.1, 0.15) is 5.75 Å². The van der Waals surface area contributed by atoms with Gasteiger partial charge in [-0.3, -0.25) is 4.90 Å². The number of aromatic hydroxyl groups is 1. The maximum absolute atomic E-state index is 10.00. The van der Waals surface area contributed by atoms with Crippen LogP contribution in [-0.2, 0) is 18.4 Å². The lowest BCUT2D eigenvalue weighted by Crippen LogP contribution is -2.65. The average molecular weight is 307 g/mol. The van der Waals surface area contributed by atoms with Gasteiger partial charge in [0.2, 0.25) is 0 Å². The summed E-state index contributed by atoms with van der Waals surface area (Å²) in [5.74, 6) is 0.384. The lowest BCUT2D eigenvalue weighted by atomic mass is 9.62. The van der Waals surface area contributed by atoms with Gasteiger partial charge in [0.15, 0.2) is 0 Å². The first-order valence-electron chi connectivity index (χ1n) is 8.73. The van der Waals surface area contributed by atoms with Crippen LogP contribution in [0.25, 0.3) is 0 Å². The molecule has 2 aliphatic rings. The van der Waals surface area contributed by atoms with Crippen LogP contribution in [0.15, 0.2) is 42.5 Å². The molecule has 2 bridgehead atoms. The zero-order valence-corrected chi connectivity index (χ0v) is 14.3. The molecule has 0 fully saturated rings. The Balaban J connectivity index is 2.10. The van der Waals surface area contributed by atoms with Crippen LogP contribution >= 0.6 is 0 Å². The van der Waals surface area contributed by atoms with E-state index in [0.717, 1.165) is 25.8 Å². The van der Waals surface area contributed by atoms with E-state index in [1.165, 1.54) is 22.3 Å². The van der Waals surface area contributed by atoms with Crippen molar-refractivity contribution in [2.24, 2.45) is 0 Å². The predicted octanol–water partition coefficient (Wildman–Crippen LogP) is 4.24. The summed E-state index contributed by atoms with van der Waals surface area (Å²) < 4.78 is 0. The molecule has 0 aliphatic carbocycles. The zero-order valence-electron chi connectivity index (χ0n) is 14.3. The quantitative estimate of drug-likeness (QED) is 0.897. The van der Waals surface area contributed by atoms with Crippen molar-refractivity contribution >= 4 is 0 Å². The van der Waals surface area contributed by atoms with Crippen molar-refractivity contribution < 1.29 is 5.11 Å². The summed E-state index contributed by atoms with van der Waals surface area (Å²) in [7, 11) is 0. The normalized spacial score (nSPS) is 29.0. The monoisotopic (exact) mass is 307 g/mol.